The zero-order valence-electron chi connectivity index (χ0n) is 11.6. The summed E-state index contributed by atoms with van der Waals surface area (Å²) >= 11 is 3.24. The molecule has 4 nitrogen and oxygen atoms in total. The molecule has 20 heavy (non-hydrogen) atoms. The molecule has 6 heteroatoms. The third-order valence-corrected chi connectivity index (χ3v) is 4.82. The molecule has 1 aromatic heterocycles. The summed E-state index contributed by atoms with van der Waals surface area (Å²) in [5.74, 6) is 0.692. The molecule has 0 unspecified atom stereocenters. The Hall–Kier alpha value is -0.750. The van der Waals surface area contributed by atoms with Crippen molar-refractivity contribution >= 4 is 21.7 Å². The number of halogens is 2. The zero-order valence-corrected chi connectivity index (χ0v) is 13.2. The van der Waals surface area contributed by atoms with Crippen molar-refractivity contribution < 1.29 is 9.13 Å². The highest BCUT2D eigenvalue weighted by Crippen LogP contribution is 2.42. The Labute approximate surface area is 126 Å². The van der Waals surface area contributed by atoms with Crippen LogP contribution in [0.3, 0.4) is 0 Å². The fourth-order valence-electron chi connectivity index (χ4n) is 3.34. The summed E-state index contributed by atoms with van der Waals surface area (Å²) in [7, 11) is 0. The van der Waals surface area contributed by atoms with Crippen LogP contribution in [0.2, 0.25) is 0 Å². The first-order valence-corrected chi connectivity index (χ1v) is 7.85. The lowest BCUT2D eigenvalue weighted by atomic mass is 9.77. The lowest BCUT2D eigenvalue weighted by Gasteiger charge is -2.39. The van der Waals surface area contributed by atoms with Gasteiger partial charge in [-0.25, -0.2) is 14.4 Å². The molecule has 3 rings (SSSR count). The summed E-state index contributed by atoms with van der Waals surface area (Å²) in [5.41, 5.74) is 0.751. The number of hydrogen-bond acceptors (Lipinski definition) is 4. The van der Waals surface area contributed by atoms with Crippen LogP contribution in [0.25, 0.3) is 0 Å². The number of aromatic nitrogens is 2. The SMILES string of the molecule is C[C@H]1CC2(CCN(c3ncc(Br)nc3CF)CC2)CO1. The summed E-state index contributed by atoms with van der Waals surface area (Å²) < 4.78 is 19.4. The first kappa shape index (κ1) is 14.2. The van der Waals surface area contributed by atoms with E-state index >= 15 is 0 Å². The van der Waals surface area contributed by atoms with Crippen LogP contribution in [-0.4, -0.2) is 35.8 Å². The van der Waals surface area contributed by atoms with Gasteiger partial charge in [0.15, 0.2) is 5.82 Å². The Balaban J connectivity index is 1.72. The van der Waals surface area contributed by atoms with Crippen LogP contribution in [0.5, 0.6) is 0 Å². The Morgan fingerprint density at radius 2 is 2.25 bits per heavy atom. The van der Waals surface area contributed by atoms with E-state index in [0.29, 0.717) is 27.6 Å². The van der Waals surface area contributed by atoms with Gasteiger partial charge in [0.1, 0.15) is 17.0 Å². The lowest BCUT2D eigenvalue weighted by molar-refractivity contribution is 0.0975. The molecule has 2 aliphatic heterocycles. The molecule has 1 spiro atoms. The van der Waals surface area contributed by atoms with Crippen LogP contribution in [0, 0.1) is 5.41 Å². The molecule has 2 fully saturated rings. The number of ether oxygens (including phenoxy) is 1. The molecule has 110 valence electrons. The quantitative estimate of drug-likeness (QED) is 0.826. The summed E-state index contributed by atoms with van der Waals surface area (Å²) in [5, 5.41) is 0. The second-order valence-electron chi connectivity index (χ2n) is 5.91. The van der Waals surface area contributed by atoms with E-state index in [1.807, 2.05) is 0 Å². The van der Waals surface area contributed by atoms with Crippen LogP contribution in [0.4, 0.5) is 10.2 Å². The van der Waals surface area contributed by atoms with Crippen molar-refractivity contribution in [1.82, 2.24) is 9.97 Å². The molecule has 3 heterocycles. The molecular weight excluding hydrogens is 325 g/mol. The Bertz CT molecular complexity index is 491. The van der Waals surface area contributed by atoms with E-state index in [2.05, 4.69) is 37.7 Å². The predicted molar refractivity (Wildman–Crippen MR) is 78.5 cm³/mol. The van der Waals surface area contributed by atoms with Crippen molar-refractivity contribution in [3.8, 4) is 0 Å². The third-order valence-electron chi connectivity index (χ3n) is 4.44. The Morgan fingerprint density at radius 1 is 1.50 bits per heavy atom. The number of anilines is 1. The van der Waals surface area contributed by atoms with E-state index < -0.39 is 6.67 Å². The highest BCUT2D eigenvalue weighted by atomic mass is 79.9. The summed E-state index contributed by atoms with van der Waals surface area (Å²) in [6.07, 6.45) is 5.32. The highest BCUT2D eigenvalue weighted by molar-refractivity contribution is 9.10. The van der Waals surface area contributed by atoms with Crippen molar-refractivity contribution in [3.05, 3.63) is 16.5 Å². The lowest BCUT2D eigenvalue weighted by Crippen LogP contribution is -2.41. The van der Waals surface area contributed by atoms with Crippen LogP contribution in [0.15, 0.2) is 10.8 Å². The van der Waals surface area contributed by atoms with E-state index in [4.69, 9.17) is 4.74 Å². The normalized spacial score (nSPS) is 25.4. The molecule has 0 bridgehead atoms. The topological polar surface area (TPSA) is 38.2 Å². The van der Waals surface area contributed by atoms with E-state index in [1.54, 1.807) is 6.20 Å². The second kappa shape index (κ2) is 5.56. The number of nitrogens with zero attached hydrogens (tertiary/aromatic N) is 3. The molecule has 2 saturated heterocycles. The molecule has 0 radical (unpaired) electrons. The van der Waals surface area contributed by atoms with Gasteiger partial charge in [0.25, 0.3) is 0 Å². The maximum Gasteiger partial charge on any atom is 0.153 e. The van der Waals surface area contributed by atoms with Crippen molar-refractivity contribution in [2.24, 2.45) is 5.41 Å². The van der Waals surface area contributed by atoms with Gasteiger partial charge in [-0.3, -0.25) is 0 Å². The molecule has 0 N–H and O–H groups in total. The number of piperidine rings is 1. The molecule has 1 aromatic rings. The van der Waals surface area contributed by atoms with Gasteiger partial charge in [-0.05, 0) is 47.5 Å². The first-order valence-electron chi connectivity index (χ1n) is 7.06. The number of hydrogen-bond donors (Lipinski definition) is 0. The monoisotopic (exact) mass is 343 g/mol. The molecule has 0 aromatic carbocycles. The standard InChI is InChI=1S/C14H19BrFN3O/c1-10-6-14(9-20-10)2-4-19(5-3-14)13-11(7-16)18-12(15)8-17-13/h8,10H,2-7,9H2,1H3/t10-/m0/s1. The molecule has 0 amide bonds. The van der Waals surface area contributed by atoms with Gasteiger partial charge in [0.2, 0.25) is 0 Å². The zero-order chi connectivity index (χ0) is 14.2. The minimum Gasteiger partial charge on any atom is -0.378 e. The second-order valence-corrected chi connectivity index (χ2v) is 6.72. The number of alkyl halides is 1. The number of rotatable bonds is 2. The maximum atomic E-state index is 13.1. The highest BCUT2D eigenvalue weighted by Gasteiger charge is 2.41. The minimum atomic E-state index is -0.580. The molecule has 0 saturated carbocycles. The predicted octanol–water partition coefficient (Wildman–Crippen LogP) is 3.10. The van der Waals surface area contributed by atoms with Crippen molar-refractivity contribution in [2.45, 2.75) is 39.0 Å². The molecule has 0 aliphatic carbocycles. The Kier molecular flexibility index (Phi) is 3.95. The van der Waals surface area contributed by atoms with E-state index in [1.165, 1.54) is 0 Å². The minimum absolute atomic E-state index is 0.328. The molecule has 1 atom stereocenters. The van der Waals surface area contributed by atoms with Crippen molar-refractivity contribution in [1.29, 1.82) is 0 Å². The summed E-state index contributed by atoms with van der Waals surface area (Å²) in [6, 6.07) is 0. The average Bonchev–Trinajstić information content (AvgIpc) is 2.81. The van der Waals surface area contributed by atoms with E-state index in [9.17, 15) is 4.39 Å². The van der Waals surface area contributed by atoms with Gasteiger partial charge in [-0.15, -0.1) is 0 Å². The van der Waals surface area contributed by atoms with Crippen LogP contribution < -0.4 is 4.90 Å². The fraction of sp³-hybridized carbons (Fsp3) is 0.714. The first-order chi connectivity index (χ1) is 9.62. The van der Waals surface area contributed by atoms with Crippen molar-refractivity contribution in [3.63, 3.8) is 0 Å². The van der Waals surface area contributed by atoms with Gasteiger partial charge in [-0.2, -0.15) is 0 Å². The van der Waals surface area contributed by atoms with E-state index in [0.717, 1.165) is 39.0 Å². The van der Waals surface area contributed by atoms with Gasteiger partial charge >= 0.3 is 0 Å². The summed E-state index contributed by atoms with van der Waals surface area (Å²) in [4.78, 5) is 10.7. The Morgan fingerprint density at radius 3 is 2.85 bits per heavy atom. The van der Waals surface area contributed by atoms with E-state index in [-0.39, 0.29) is 0 Å². The van der Waals surface area contributed by atoms with Crippen LogP contribution >= 0.6 is 15.9 Å². The maximum absolute atomic E-state index is 13.1. The molecule has 2 aliphatic rings. The van der Waals surface area contributed by atoms with Gasteiger partial charge in [0, 0.05) is 13.1 Å². The van der Waals surface area contributed by atoms with Crippen LogP contribution in [0.1, 0.15) is 31.9 Å². The fourth-order valence-corrected chi connectivity index (χ4v) is 3.65. The van der Waals surface area contributed by atoms with Crippen LogP contribution in [-0.2, 0) is 11.4 Å². The van der Waals surface area contributed by atoms with Gasteiger partial charge < -0.3 is 9.64 Å². The van der Waals surface area contributed by atoms with Crippen molar-refractivity contribution in [2.75, 3.05) is 24.6 Å². The third kappa shape index (κ3) is 2.68. The largest absolute Gasteiger partial charge is 0.378 e. The molecular formula is C14H19BrFN3O. The average molecular weight is 344 g/mol. The van der Waals surface area contributed by atoms with Gasteiger partial charge in [0.05, 0.1) is 18.9 Å². The summed E-state index contributed by atoms with van der Waals surface area (Å²) in [6.45, 7) is 4.23. The smallest absolute Gasteiger partial charge is 0.153 e. The van der Waals surface area contributed by atoms with Gasteiger partial charge in [-0.1, -0.05) is 0 Å².